The summed E-state index contributed by atoms with van der Waals surface area (Å²) in [5, 5.41) is 0. The van der Waals surface area contributed by atoms with Crippen molar-refractivity contribution in [2.45, 2.75) is 40.5 Å². The highest BCUT2D eigenvalue weighted by Crippen LogP contribution is 2.34. The molecule has 3 aliphatic heterocycles. The Bertz CT molecular complexity index is 953. The average Bonchev–Trinajstić information content (AvgIpc) is 3.21. The van der Waals surface area contributed by atoms with Gasteiger partial charge in [-0.3, -0.25) is 9.69 Å². The lowest BCUT2D eigenvalue weighted by Gasteiger charge is -2.35. The molecule has 0 aromatic carbocycles. The number of hydrogen-bond donors (Lipinski definition) is 0. The number of nitrogens with zero attached hydrogens (tertiary/aromatic N) is 4. The second kappa shape index (κ2) is 7.80. The van der Waals surface area contributed by atoms with Crippen molar-refractivity contribution in [2.24, 2.45) is 5.92 Å². The second-order valence-electron chi connectivity index (χ2n) is 9.15. The molecule has 1 fully saturated rings. The highest BCUT2D eigenvalue weighted by Gasteiger charge is 2.52. The third-order valence-corrected chi connectivity index (χ3v) is 6.35. The van der Waals surface area contributed by atoms with E-state index in [1.807, 2.05) is 17.9 Å². The van der Waals surface area contributed by atoms with Gasteiger partial charge in [0, 0.05) is 69.5 Å². The Morgan fingerprint density at radius 3 is 2.53 bits per heavy atom. The van der Waals surface area contributed by atoms with E-state index in [9.17, 15) is 4.79 Å². The van der Waals surface area contributed by atoms with E-state index in [-0.39, 0.29) is 12.3 Å². The highest BCUT2D eigenvalue weighted by atomic mass is 19.2. The van der Waals surface area contributed by atoms with Crippen molar-refractivity contribution in [3.8, 4) is 0 Å². The van der Waals surface area contributed by atoms with Crippen LogP contribution in [0.3, 0.4) is 0 Å². The molecule has 3 aliphatic rings. The first kappa shape index (κ1) is 21.0. The smallest absolute Gasteiger partial charge is 0.394 e. The van der Waals surface area contributed by atoms with Crippen LogP contribution in [0.1, 0.15) is 43.6 Å². The summed E-state index contributed by atoms with van der Waals surface area (Å²) in [4.78, 5) is 17.0. The number of aromatic nitrogens is 1. The predicted octanol–water partition coefficient (Wildman–Crippen LogP) is 3.29. The normalized spacial score (nSPS) is 20.6. The first-order chi connectivity index (χ1) is 14.2. The zero-order valence-electron chi connectivity index (χ0n) is 18.4. The van der Waals surface area contributed by atoms with E-state index in [1.54, 1.807) is 25.1 Å². The molecule has 8 heteroatoms. The third kappa shape index (κ3) is 3.66. The van der Waals surface area contributed by atoms with Crippen molar-refractivity contribution in [3.05, 3.63) is 40.9 Å². The van der Waals surface area contributed by atoms with Gasteiger partial charge in [0.05, 0.1) is 0 Å². The molecule has 30 heavy (non-hydrogen) atoms. The van der Waals surface area contributed by atoms with Crippen molar-refractivity contribution in [3.63, 3.8) is 0 Å². The molecular formula is C22H31BF2N4O. The fourth-order valence-corrected chi connectivity index (χ4v) is 4.99. The average molecular weight is 416 g/mol. The number of allylic oxidation sites excluding steroid dienone is 2. The van der Waals surface area contributed by atoms with Crippen LogP contribution >= 0.6 is 0 Å². The quantitative estimate of drug-likeness (QED) is 0.690. The zero-order chi connectivity index (χ0) is 21.6. The lowest BCUT2D eigenvalue weighted by molar-refractivity contribution is -0.362. The van der Waals surface area contributed by atoms with Crippen LogP contribution in [0.15, 0.2) is 23.9 Å². The third-order valence-electron chi connectivity index (χ3n) is 6.35. The molecule has 1 aromatic heterocycles. The van der Waals surface area contributed by atoms with Crippen LogP contribution < -0.4 is 0 Å². The maximum atomic E-state index is 15.5. The van der Waals surface area contributed by atoms with Crippen molar-refractivity contribution >= 4 is 24.7 Å². The molecule has 4 heterocycles. The molecule has 0 unspecified atom stereocenters. The van der Waals surface area contributed by atoms with Gasteiger partial charge in [0.1, 0.15) is 5.71 Å². The number of aryl methyl sites for hydroxylation is 2. The van der Waals surface area contributed by atoms with E-state index in [4.69, 9.17) is 0 Å². The molecule has 0 spiro atoms. The van der Waals surface area contributed by atoms with Crippen molar-refractivity contribution in [1.82, 2.24) is 14.3 Å². The summed E-state index contributed by atoms with van der Waals surface area (Å²) in [6.07, 6.45) is 5.89. The topological polar surface area (TPSA) is 31.5 Å². The van der Waals surface area contributed by atoms with Gasteiger partial charge in [-0.25, -0.2) is 0 Å². The van der Waals surface area contributed by atoms with Crippen molar-refractivity contribution in [1.29, 1.82) is 0 Å². The van der Waals surface area contributed by atoms with E-state index < -0.39 is 6.97 Å². The Balaban J connectivity index is 1.45. The second-order valence-corrected chi connectivity index (χ2v) is 9.15. The maximum absolute atomic E-state index is 15.5. The molecule has 5 nitrogen and oxygen atoms in total. The summed E-state index contributed by atoms with van der Waals surface area (Å²) in [6.45, 7) is 8.27. The van der Waals surface area contributed by atoms with E-state index in [2.05, 4.69) is 18.7 Å². The molecule has 162 valence electrons. The van der Waals surface area contributed by atoms with Crippen LogP contribution in [0.25, 0.3) is 6.08 Å². The lowest BCUT2D eigenvalue weighted by atomic mass is 9.90. The maximum Gasteiger partial charge on any atom is 0.737 e. The molecular weight excluding hydrogens is 385 g/mol. The molecule has 1 amide bonds. The molecule has 1 saturated heterocycles. The minimum Gasteiger partial charge on any atom is -0.394 e. The number of hydrogen-bond acceptors (Lipinski definition) is 2. The van der Waals surface area contributed by atoms with E-state index in [0.29, 0.717) is 35.1 Å². The van der Waals surface area contributed by atoms with Gasteiger partial charge in [0.25, 0.3) is 0 Å². The summed E-state index contributed by atoms with van der Waals surface area (Å²) < 4.78 is 33.2. The van der Waals surface area contributed by atoms with Crippen LogP contribution in [-0.2, 0) is 4.79 Å². The van der Waals surface area contributed by atoms with Crippen LogP contribution in [0.2, 0.25) is 0 Å². The first-order valence-corrected chi connectivity index (χ1v) is 10.9. The standard InChI is InChI=1S/C22H31BF2N4O/c1-16(2)15-26-9-11-27(12-10-26)22(30)8-7-19-5-6-20-14-21-17(3)13-18(4)28(21)23(24,25)29(19)20/h5-6,13-14,16H,7-12,15H2,1-4H3. The van der Waals surface area contributed by atoms with Gasteiger partial charge in [0.2, 0.25) is 5.91 Å². The number of piperazine rings is 1. The van der Waals surface area contributed by atoms with Crippen LogP contribution in [-0.4, -0.2) is 70.1 Å². The van der Waals surface area contributed by atoms with Gasteiger partial charge in [-0.15, -0.1) is 0 Å². The number of amides is 1. The first-order valence-electron chi connectivity index (χ1n) is 10.9. The fraction of sp³-hybridized carbons (Fsp3) is 0.545. The molecule has 0 bridgehead atoms. The van der Waals surface area contributed by atoms with Crippen LogP contribution in [0.5, 0.6) is 0 Å². The summed E-state index contributed by atoms with van der Waals surface area (Å²) in [5.41, 5.74) is 3.03. The number of carbonyl (C=O) groups is 1. The van der Waals surface area contributed by atoms with Gasteiger partial charge in [-0.1, -0.05) is 13.8 Å². The molecule has 0 atom stereocenters. The number of carbonyl (C=O) groups excluding carboxylic acids is 1. The van der Waals surface area contributed by atoms with Crippen molar-refractivity contribution < 1.29 is 17.9 Å². The van der Waals surface area contributed by atoms with Gasteiger partial charge < -0.3 is 22.5 Å². The van der Waals surface area contributed by atoms with E-state index in [1.165, 1.54) is 0 Å². The fourth-order valence-electron chi connectivity index (χ4n) is 4.99. The van der Waals surface area contributed by atoms with Crippen LogP contribution in [0.4, 0.5) is 8.63 Å². The number of rotatable bonds is 5. The SMILES string of the molecule is Cc1cc(C)n2c1C=C1C=CC(CCC(=O)N3CCN(CC(C)C)CC3)=[N+]1[B-]2(F)F. The summed E-state index contributed by atoms with van der Waals surface area (Å²) in [6, 6.07) is 1.80. The summed E-state index contributed by atoms with van der Waals surface area (Å²) >= 11 is 0. The van der Waals surface area contributed by atoms with Crippen molar-refractivity contribution in [2.75, 3.05) is 32.7 Å². The minimum absolute atomic E-state index is 0.0547. The Labute approximate surface area is 177 Å². The highest BCUT2D eigenvalue weighted by molar-refractivity contribution is 6.58. The van der Waals surface area contributed by atoms with E-state index >= 15 is 8.63 Å². The molecule has 4 rings (SSSR count). The molecule has 0 N–H and O–H groups in total. The summed E-state index contributed by atoms with van der Waals surface area (Å²) in [5.74, 6) is 0.667. The Hall–Kier alpha value is -2.22. The monoisotopic (exact) mass is 416 g/mol. The van der Waals surface area contributed by atoms with Gasteiger partial charge in [-0.05, 0) is 37.1 Å². The predicted molar refractivity (Wildman–Crippen MR) is 117 cm³/mol. The van der Waals surface area contributed by atoms with Gasteiger partial charge >= 0.3 is 6.97 Å². The molecule has 0 saturated carbocycles. The summed E-state index contributed by atoms with van der Waals surface area (Å²) in [7, 11) is 0. The van der Waals surface area contributed by atoms with Gasteiger partial charge in [0.15, 0.2) is 5.70 Å². The number of fused-ring (bicyclic) bond motifs is 2. The number of halogens is 2. The Kier molecular flexibility index (Phi) is 5.47. The lowest BCUT2D eigenvalue weighted by Crippen LogP contribution is -2.51. The molecule has 0 aliphatic carbocycles. The largest absolute Gasteiger partial charge is 0.737 e. The Morgan fingerprint density at radius 1 is 1.17 bits per heavy atom. The van der Waals surface area contributed by atoms with Crippen LogP contribution in [0, 0.1) is 19.8 Å². The zero-order valence-corrected chi connectivity index (χ0v) is 18.4. The molecule has 0 radical (unpaired) electrons. The van der Waals surface area contributed by atoms with E-state index in [0.717, 1.165) is 47.3 Å². The molecule has 1 aromatic rings. The Morgan fingerprint density at radius 2 is 1.87 bits per heavy atom. The van der Waals surface area contributed by atoms with Gasteiger partial charge in [-0.2, -0.15) is 0 Å². The minimum atomic E-state index is -3.96.